The molecule has 0 bridgehead atoms. The Kier molecular flexibility index (Phi) is 4.04. The first-order valence-electron chi connectivity index (χ1n) is 7.86. The molecule has 2 aliphatic heterocycles. The summed E-state index contributed by atoms with van der Waals surface area (Å²) in [5, 5.41) is 0. The molecular formula is C16H22FN3O3. The number of hydrogen-bond acceptors (Lipinski definition) is 3. The van der Waals surface area contributed by atoms with Gasteiger partial charge in [0.05, 0.1) is 6.26 Å². The molecule has 3 rings (SSSR count). The molecule has 1 aromatic heterocycles. The van der Waals surface area contributed by atoms with E-state index < -0.39 is 11.6 Å². The average Bonchev–Trinajstić information content (AvgIpc) is 3.19. The van der Waals surface area contributed by atoms with Gasteiger partial charge in [-0.1, -0.05) is 0 Å². The fourth-order valence-corrected chi connectivity index (χ4v) is 3.59. The highest BCUT2D eigenvalue weighted by atomic mass is 19.1. The van der Waals surface area contributed by atoms with Crippen LogP contribution in [0, 0.1) is 5.41 Å². The molecule has 23 heavy (non-hydrogen) atoms. The Hall–Kier alpha value is -2.05. The number of urea groups is 1. The molecule has 0 unspecified atom stereocenters. The Bertz CT molecular complexity index is 589. The fourth-order valence-electron chi connectivity index (χ4n) is 3.59. The van der Waals surface area contributed by atoms with Crippen LogP contribution in [0.15, 0.2) is 22.8 Å². The van der Waals surface area contributed by atoms with Crippen LogP contribution in [-0.4, -0.2) is 73.1 Å². The maximum atomic E-state index is 14.6. The highest BCUT2D eigenvalue weighted by Crippen LogP contribution is 2.41. The predicted octanol–water partition coefficient (Wildman–Crippen LogP) is 1.84. The van der Waals surface area contributed by atoms with Gasteiger partial charge in [0, 0.05) is 45.7 Å². The van der Waals surface area contributed by atoms with Crippen molar-refractivity contribution in [3.8, 4) is 0 Å². The van der Waals surface area contributed by atoms with Crippen molar-refractivity contribution in [3.63, 3.8) is 0 Å². The maximum Gasteiger partial charge on any atom is 0.319 e. The minimum atomic E-state index is -0.997. The van der Waals surface area contributed by atoms with Crippen LogP contribution < -0.4 is 0 Å². The van der Waals surface area contributed by atoms with Crippen LogP contribution in [0.25, 0.3) is 0 Å². The molecule has 6 nitrogen and oxygen atoms in total. The van der Waals surface area contributed by atoms with E-state index in [1.54, 1.807) is 36.0 Å². The van der Waals surface area contributed by atoms with Gasteiger partial charge in [-0.05, 0) is 25.0 Å². The van der Waals surface area contributed by atoms with E-state index in [9.17, 15) is 14.0 Å². The number of halogens is 1. The molecule has 1 spiro atoms. The van der Waals surface area contributed by atoms with E-state index in [0.717, 1.165) is 0 Å². The first kappa shape index (κ1) is 15.8. The molecule has 3 heterocycles. The van der Waals surface area contributed by atoms with Crippen LogP contribution in [0.3, 0.4) is 0 Å². The third-order valence-electron chi connectivity index (χ3n) is 4.88. The second-order valence-electron chi connectivity index (χ2n) is 6.67. The summed E-state index contributed by atoms with van der Waals surface area (Å²) in [5.41, 5.74) is -0.661. The first-order chi connectivity index (χ1) is 10.9. The molecule has 0 saturated carbocycles. The molecule has 3 amide bonds. The molecule has 2 aliphatic rings. The zero-order chi connectivity index (χ0) is 16.6. The summed E-state index contributed by atoms with van der Waals surface area (Å²) >= 11 is 0. The summed E-state index contributed by atoms with van der Waals surface area (Å²) in [7, 11) is 3.38. The number of furan rings is 1. The van der Waals surface area contributed by atoms with Crippen molar-refractivity contribution < 1.29 is 18.4 Å². The van der Waals surface area contributed by atoms with Crippen molar-refractivity contribution in [2.45, 2.75) is 19.0 Å². The second kappa shape index (κ2) is 5.86. The van der Waals surface area contributed by atoms with Gasteiger partial charge in [-0.2, -0.15) is 0 Å². The summed E-state index contributed by atoms with van der Waals surface area (Å²) < 4.78 is 19.8. The lowest BCUT2D eigenvalue weighted by molar-refractivity contribution is 0.0201. The standard InChI is InChI=1S/C16H22FN3O3/c1-18(2)15(22)20-7-5-13(17)16(11-20)6-8-19(10-16)14(21)12-4-3-9-23-12/h3-4,9,13H,5-8,10-11H2,1-2H3/t13-,16+/m1/s1. The number of amides is 3. The van der Waals surface area contributed by atoms with Crippen molar-refractivity contribution in [1.29, 1.82) is 0 Å². The van der Waals surface area contributed by atoms with Gasteiger partial charge in [0.1, 0.15) is 6.17 Å². The van der Waals surface area contributed by atoms with E-state index in [2.05, 4.69) is 0 Å². The van der Waals surface area contributed by atoms with Crippen molar-refractivity contribution >= 4 is 11.9 Å². The number of alkyl halides is 1. The molecule has 2 fully saturated rings. The van der Waals surface area contributed by atoms with Gasteiger partial charge in [-0.25, -0.2) is 9.18 Å². The van der Waals surface area contributed by atoms with Crippen LogP contribution in [0.2, 0.25) is 0 Å². The van der Waals surface area contributed by atoms with Gasteiger partial charge < -0.3 is 19.1 Å². The Morgan fingerprint density at radius 3 is 2.70 bits per heavy atom. The highest BCUT2D eigenvalue weighted by molar-refractivity contribution is 5.91. The normalized spacial score (nSPS) is 27.5. The first-order valence-corrected chi connectivity index (χ1v) is 7.86. The molecule has 126 valence electrons. The van der Waals surface area contributed by atoms with Crippen molar-refractivity contribution in [2.24, 2.45) is 5.41 Å². The lowest BCUT2D eigenvalue weighted by atomic mass is 9.77. The zero-order valence-electron chi connectivity index (χ0n) is 13.5. The lowest BCUT2D eigenvalue weighted by Gasteiger charge is -2.43. The Morgan fingerprint density at radius 2 is 2.04 bits per heavy atom. The number of piperidine rings is 1. The van der Waals surface area contributed by atoms with Gasteiger partial charge in [-0.3, -0.25) is 4.79 Å². The van der Waals surface area contributed by atoms with Gasteiger partial charge in [0.15, 0.2) is 5.76 Å². The van der Waals surface area contributed by atoms with Gasteiger partial charge >= 0.3 is 6.03 Å². The summed E-state index contributed by atoms with van der Waals surface area (Å²) in [6.07, 6.45) is 1.35. The minimum Gasteiger partial charge on any atom is -0.459 e. The number of nitrogens with zero attached hydrogens (tertiary/aromatic N) is 3. The number of carbonyl (C=O) groups is 2. The summed E-state index contributed by atoms with van der Waals surface area (Å²) in [6.45, 7) is 1.59. The molecule has 0 N–H and O–H groups in total. The van der Waals surface area contributed by atoms with Gasteiger partial charge in [0.25, 0.3) is 5.91 Å². The molecule has 2 saturated heterocycles. The van der Waals surface area contributed by atoms with E-state index in [0.29, 0.717) is 39.0 Å². The summed E-state index contributed by atoms with van der Waals surface area (Å²) in [6, 6.07) is 3.17. The molecular weight excluding hydrogens is 301 g/mol. The van der Waals surface area contributed by atoms with Crippen LogP contribution in [-0.2, 0) is 0 Å². The van der Waals surface area contributed by atoms with Crippen molar-refractivity contribution in [2.75, 3.05) is 40.3 Å². The quantitative estimate of drug-likeness (QED) is 0.792. The summed E-state index contributed by atoms with van der Waals surface area (Å²) in [4.78, 5) is 29.4. The number of hydrogen-bond donors (Lipinski definition) is 0. The van der Waals surface area contributed by atoms with Crippen LogP contribution in [0.5, 0.6) is 0 Å². The topological polar surface area (TPSA) is 57.0 Å². The summed E-state index contributed by atoms with van der Waals surface area (Å²) in [5.74, 6) is 0.0598. The van der Waals surface area contributed by atoms with Crippen LogP contribution >= 0.6 is 0 Å². The van der Waals surface area contributed by atoms with E-state index in [4.69, 9.17) is 4.42 Å². The lowest BCUT2D eigenvalue weighted by Crippen LogP contribution is -2.55. The molecule has 0 aliphatic carbocycles. The molecule has 1 aromatic rings. The number of rotatable bonds is 1. The third kappa shape index (κ3) is 2.80. The molecule has 7 heteroatoms. The maximum absolute atomic E-state index is 14.6. The second-order valence-corrected chi connectivity index (χ2v) is 6.67. The molecule has 2 atom stereocenters. The minimum absolute atomic E-state index is 0.105. The smallest absolute Gasteiger partial charge is 0.319 e. The van der Waals surface area contributed by atoms with Gasteiger partial charge in [0.2, 0.25) is 0 Å². The van der Waals surface area contributed by atoms with Crippen molar-refractivity contribution in [1.82, 2.24) is 14.7 Å². The van der Waals surface area contributed by atoms with E-state index in [1.807, 2.05) is 0 Å². The van der Waals surface area contributed by atoms with Crippen LogP contribution in [0.1, 0.15) is 23.4 Å². The monoisotopic (exact) mass is 323 g/mol. The fraction of sp³-hybridized carbons (Fsp3) is 0.625. The highest BCUT2D eigenvalue weighted by Gasteiger charge is 2.50. The zero-order valence-corrected chi connectivity index (χ0v) is 13.5. The predicted molar refractivity (Wildman–Crippen MR) is 81.8 cm³/mol. The number of likely N-dealkylation sites (tertiary alicyclic amines) is 2. The Balaban J connectivity index is 1.73. The Morgan fingerprint density at radius 1 is 1.30 bits per heavy atom. The molecule has 0 radical (unpaired) electrons. The van der Waals surface area contributed by atoms with E-state index >= 15 is 0 Å². The third-order valence-corrected chi connectivity index (χ3v) is 4.88. The van der Waals surface area contributed by atoms with Crippen LogP contribution in [0.4, 0.5) is 9.18 Å². The van der Waals surface area contributed by atoms with Crippen molar-refractivity contribution in [3.05, 3.63) is 24.2 Å². The SMILES string of the molecule is CN(C)C(=O)N1CC[C@@H](F)[C@]2(CCN(C(=O)c3ccco3)C2)C1. The number of carbonyl (C=O) groups excluding carboxylic acids is 2. The molecule has 0 aromatic carbocycles. The van der Waals surface area contributed by atoms with E-state index in [1.165, 1.54) is 11.2 Å². The Labute approximate surface area is 134 Å². The van der Waals surface area contributed by atoms with Gasteiger partial charge in [-0.15, -0.1) is 0 Å². The largest absolute Gasteiger partial charge is 0.459 e. The van der Waals surface area contributed by atoms with E-state index in [-0.39, 0.29) is 17.7 Å². The average molecular weight is 323 g/mol.